The van der Waals surface area contributed by atoms with E-state index in [1.807, 2.05) is 4.90 Å². The predicted octanol–water partition coefficient (Wildman–Crippen LogP) is 2.59. The molecule has 0 saturated carbocycles. The Morgan fingerprint density at radius 2 is 1.86 bits per heavy atom. The smallest absolute Gasteiger partial charge is 0.244 e. The number of aliphatic hydroxyl groups is 1. The second-order valence-electron chi connectivity index (χ2n) is 7.21. The summed E-state index contributed by atoms with van der Waals surface area (Å²) in [5, 5.41) is 14.1. The van der Waals surface area contributed by atoms with Gasteiger partial charge in [0.2, 0.25) is 11.7 Å². The quantitative estimate of drug-likeness (QED) is 0.682. The zero-order chi connectivity index (χ0) is 20.6. The standard InChI is InChI=1S/C20H20FN3O4S/c1-29(26,27)17-8-2-13(3-9-17)11-24-12-16(25)10-18(24)20-22-19(23-28-20)14-4-6-15(21)7-5-14/h2-9,16,18,25H,10-12H2,1H3. The van der Waals surface area contributed by atoms with E-state index in [9.17, 15) is 17.9 Å². The van der Waals surface area contributed by atoms with Crippen LogP contribution in [0.5, 0.6) is 0 Å². The summed E-state index contributed by atoms with van der Waals surface area (Å²) >= 11 is 0. The van der Waals surface area contributed by atoms with Gasteiger partial charge in [-0.05, 0) is 48.4 Å². The molecule has 4 rings (SSSR count). The van der Waals surface area contributed by atoms with Crippen LogP contribution in [0.4, 0.5) is 4.39 Å². The molecule has 1 aromatic heterocycles. The molecule has 7 nitrogen and oxygen atoms in total. The lowest BCUT2D eigenvalue weighted by molar-refractivity contribution is 0.169. The van der Waals surface area contributed by atoms with E-state index in [0.29, 0.717) is 36.8 Å². The molecule has 1 aliphatic rings. The Bertz CT molecular complexity index is 1100. The third-order valence-corrected chi connectivity index (χ3v) is 6.08. The van der Waals surface area contributed by atoms with Gasteiger partial charge in [0, 0.05) is 24.9 Å². The first kappa shape index (κ1) is 19.7. The molecule has 2 unspecified atom stereocenters. The van der Waals surface area contributed by atoms with Crippen LogP contribution in [0.25, 0.3) is 11.4 Å². The minimum Gasteiger partial charge on any atom is -0.392 e. The average Bonchev–Trinajstić information content (AvgIpc) is 3.29. The van der Waals surface area contributed by atoms with Gasteiger partial charge in [-0.1, -0.05) is 17.3 Å². The summed E-state index contributed by atoms with van der Waals surface area (Å²) in [6.45, 7) is 0.937. The van der Waals surface area contributed by atoms with Crippen molar-refractivity contribution in [2.75, 3.05) is 12.8 Å². The maximum Gasteiger partial charge on any atom is 0.244 e. The first-order valence-corrected chi connectivity index (χ1v) is 11.0. The van der Waals surface area contributed by atoms with Crippen molar-refractivity contribution in [1.29, 1.82) is 0 Å². The van der Waals surface area contributed by atoms with Gasteiger partial charge < -0.3 is 9.63 Å². The molecule has 0 bridgehead atoms. The Labute approximate surface area is 167 Å². The number of likely N-dealkylation sites (tertiary alicyclic amines) is 1. The number of hydrogen-bond acceptors (Lipinski definition) is 7. The van der Waals surface area contributed by atoms with Gasteiger partial charge in [0.15, 0.2) is 9.84 Å². The molecule has 29 heavy (non-hydrogen) atoms. The van der Waals surface area contributed by atoms with Crippen LogP contribution in [0.1, 0.15) is 23.9 Å². The number of benzene rings is 2. The van der Waals surface area contributed by atoms with Crippen molar-refractivity contribution in [2.45, 2.75) is 30.0 Å². The van der Waals surface area contributed by atoms with E-state index < -0.39 is 15.9 Å². The summed E-state index contributed by atoms with van der Waals surface area (Å²) in [4.78, 5) is 6.71. The van der Waals surface area contributed by atoms with Crippen LogP contribution in [0.15, 0.2) is 57.9 Å². The maximum absolute atomic E-state index is 13.1. The predicted molar refractivity (Wildman–Crippen MR) is 103 cm³/mol. The Morgan fingerprint density at radius 3 is 2.52 bits per heavy atom. The van der Waals surface area contributed by atoms with Crippen LogP contribution in [0.2, 0.25) is 0 Å². The molecule has 1 saturated heterocycles. The number of rotatable bonds is 5. The average molecular weight is 417 g/mol. The number of halogens is 1. The second-order valence-corrected chi connectivity index (χ2v) is 9.23. The molecule has 0 aliphatic carbocycles. The minimum atomic E-state index is -3.25. The molecule has 0 amide bonds. The van der Waals surface area contributed by atoms with E-state index in [2.05, 4.69) is 10.1 Å². The molecule has 1 fully saturated rings. The monoisotopic (exact) mass is 417 g/mol. The molecule has 1 aliphatic heterocycles. The molecule has 2 heterocycles. The van der Waals surface area contributed by atoms with Crippen LogP contribution in [0, 0.1) is 5.82 Å². The number of aliphatic hydroxyl groups excluding tert-OH is 1. The molecule has 2 atom stereocenters. The number of β-amino-alcohol motifs (C(OH)–C–C–N with tert-alkyl or cyclic N) is 1. The van der Waals surface area contributed by atoms with Gasteiger partial charge in [0.05, 0.1) is 17.0 Å². The Morgan fingerprint density at radius 1 is 1.17 bits per heavy atom. The van der Waals surface area contributed by atoms with Crippen molar-refractivity contribution in [2.24, 2.45) is 0 Å². The first-order chi connectivity index (χ1) is 13.8. The van der Waals surface area contributed by atoms with Crippen molar-refractivity contribution in [1.82, 2.24) is 15.0 Å². The highest BCUT2D eigenvalue weighted by Gasteiger charge is 2.36. The van der Waals surface area contributed by atoms with Crippen molar-refractivity contribution >= 4 is 9.84 Å². The zero-order valence-corrected chi connectivity index (χ0v) is 16.5. The summed E-state index contributed by atoms with van der Waals surface area (Å²) in [6.07, 6.45) is 1.09. The Balaban J connectivity index is 1.53. The van der Waals surface area contributed by atoms with Gasteiger partial charge in [0.25, 0.3) is 0 Å². The van der Waals surface area contributed by atoms with E-state index in [4.69, 9.17) is 4.52 Å². The maximum atomic E-state index is 13.1. The molecule has 0 radical (unpaired) electrons. The first-order valence-electron chi connectivity index (χ1n) is 9.10. The SMILES string of the molecule is CS(=O)(=O)c1ccc(CN2CC(O)CC2c2nc(-c3ccc(F)cc3)no2)cc1. The van der Waals surface area contributed by atoms with Crippen molar-refractivity contribution in [3.8, 4) is 11.4 Å². The molecule has 152 valence electrons. The number of hydrogen-bond donors (Lipinski definition) is 1. The van der Waals surface area contributed by atoms with E-state index >= 15 is 0 Å². The van der Waals surface area contributed by atoms with E-state index in [-0.39, 0.29) is 16.8 Å². The highest BCUT2D eigenvalue weighted by molar-refractivity contribution is 7.90. The molecular weight excluding hydrogens is 397 g/mol. The fraction of sp³-hybridized carbons (Fsp3) is 0.300. The van der Waals surface area contributed by atoms with Gasteiger partial charge in [-0.2, -0.15) is 4.98 Å². The molecule has 9 heteroatoms. The molecule has 0 spiro atoms. The fourth-order valence-electron chi connectivity index (χ4n) is 3.47. The van der Waals surface area contributed by atoms with Crippen molar-refractivity contribution in [3.05, 3.63) is 65.8 Å². The summed E-state index contributed by atoms with van der Waals surface area (Å²) in [5.74, 6) is 0.400. The van der Waals surface area contributed by atoms with Gasteiger partial charge in [0.1, 0.15) is 5.82 Å². The Kier molecular flexibility index (Phi) is 5.20. The largest absolute Gasteiger partial charge is 0.392 e. The van der Waals surface area contributed by atoms with Crippen LogP contribution in [-0.2, 0) is 16.4 Å². The summed E-state index contributed by atoms with van der Waals surface area (Å²) in [7, 11) is -3.25. The Hall–Kier alpha value is -2.62. The highest BCUT2D eigenvalue weighted by atomic mass is 32.2. The minimum absolute atomic E-state index is 0.263. The zero-order valence-electron chi connectivity index (χ0n) is 15.7. The topological polar surface area (TPSA) is 96.5 Å². The molecule has 1 N–H and O–H groups in total. The number of aromatic nitrogens is 2. The highest BCUT2D eigenvalue weighted by Crippen LogP contribution is 2.33. The third kappa shape index (κ3) is 4.36. The molecule has 2 aromatic carbocycles. The van der Waals surface area contributed by atoms with Gasteiger partial charge >= 0.3 is 0 Å². The van der Waals surface area contributed by atoms with Crippen molar-refractivity contribution in [3.63, 3.8) is 0 Å². The normalized spacial score (nSPS) is 20.2. The van der Waals surface area contributed by atoms with Gasteiger partial charge in [-0.3, -0.25) is 4.90 Å². The lowest BCUT2D eigenvalue weighted by Gasteiger charge is -2.21. The van der Waals surface area contributed by atoms with Crippen molar-refractivity contribution < 1.29 is 22.4 Å². The molecule has 3 aromatic rings. The molecular formula is C20H20FN3O4S. The van der Waals surface area contributed by atoms with Crippen LogP contribution >= 0.6 is 0 Å². The summed E-state index contributed by atoms with van der Waals surface area (Å²) in [6, 6.07) is 12.2. The van der Waals surface area contributed by atoms with Crippen LogP contribution in [-0.4, -0.2) is 47.5 Å². The van der Waals surface area contributed by atoms with Crippen LogP contribution < -0.4 is 0 Å². The van der Waals surface area contributed by atoms with E-state index in [1.54, 1.807) is 36.4 Å². The van der Waals surface area contributed by atoms with E-state index in [0.717, 1.165) is 5.56 Å². The number of sulfone groups is 1. The number of nitrogens with zero attached hydrogens (tertiary/aromatic N) is 3. The van der Waals surface area contributed by atoms with E-state index in [1.165, 1.54) is 18.4 Å². The fourth-order valence-corrected chi connectivity index (χ4v) is 4.10. The second kappa shape index (κ2) is 7.66. The summed E-state index contributed by atoms with van der Waals surface area (Å²) in [5.41, 5.74) is 1.55. The third-order valence-electron chi connectivity index (χ3n) is 4.95. The van der Waals surface area contributed by atoms with Gasteiger partial charge in [-0.15, -0.1) is 0 Å². The van der Waals surface area contributed by atoms with Crippen LogP contribution in [0.3, 0.4) is 0 Å². The summed E-state index contributed by atoms with van der Waals surface area (Å²) < 4.78 is 41.8. The van der Waals surface area contributed by atoms with Gasteiger partial charge in [-0.25, -0.2) is 12.8 Å². The lowest BCUT2D eigenvalue weighted by atomic mass is 10.1. The lowest BCUT2D eigenvalue weighted by Crippen LogP contribution is -2.24.